The van der Waals surface area contributed by atoms with Crippen molar-refractivity contribution in [2.24, 2.45) is 0 Å². The molecule has 30 heavy (non-hydrogen) atoms. The highest BCUT2D eigenvalue weighted by molar-refractivity contribution is 6.34. The first kappa shape index (κ1) is 18.6. The minimum Gasteiger partial charge on any atom is -0.491 e. The second-order valence-corrected chi connectivity index (χ2v) is 7.49. The normalized spacial score (nSPS) is 12.8. The van der Waals surface area contributed by atoms with Crippen molar-refractivity contribution in [3.63, 3.8) is 0 Å². The molecule has 0 saturated heterocycles. The van der Waals surface area contributed by atoms with Gasteiger partial charge in [0.05, 0.1) is 17.1 Å². The Morgan fingerprint density at radius 1 is 1.10 bits per heavy atom. The van der Waals surface area contributed by atoms with Gasteiger partial charge in [-0.1, -0.05) is 35.9 Å². The number of aromatic nitrogens is 1. The molecule has 2 N–H and O–H groups in total. The Labute approximate surface area is 175 Å². The number of halogens is 3. The van der Waals surface area contributed by atoms with Crippen molar-refractivity contribution in [1.29, 1.82) is 0 Å². The second-order valence-electron chi connectivity index (χ2n) is 7.08. The zero-order valence-electron chi connectivity index (χ0n) is 15.6. The van der Waals surface area contributed by atoms with Crippen LogP contribution in [0.1, 0.15) is 15.9 Å². The van der Waals surface area contributed by atoms with Gasteiger partial charge in [0.25, 0.3) is 0 Å². The SMILES string of the molecule is Nc1c(F)cc(C(=O)c2cn3c4c(cccc24)-c2c(Cl)cccc2OCC3)cc1F. The van der Waals surface area contributed by atoms with Crippen LogP contribution in [0.5, 0.6) is 5.75 Å². The number of hydrogen-bond acceptors (Lipinski definition) is 3. The highest BCUT2D eigenvalue weighted by Gasteiger charge is 2.24. The van der Waals surface area contributed by atoms with Crippen molar-refractivity contribution < 1.29 is 18.3 Å². The second kappa shape index (κ2) is 6.85. The van der Waals surface area contributed by atoms with E-state index in [9.17, 15) is 13.6 Å². The van der Waals surface area contributed by atoms with E-state index in [1.165, 1.54) is 0 Å². The van der Waals surface area contributed by atoms with Crippen molar-refractivity contribution in [1.82, 2.24) is 4.57 Å². The Morgan fingerprint density at radius 3 is 2.60 bits per heavy atom. The average molecular weight is 425 g/mol. The van der Waals surface area contributed by atoms with E-state index >= 15 is 0 Å². The highest BCUT2D eigenvalue weighted by atomic mass is 35.5. The summed E-state index contributed by atoms with van der Waals surface area (Å²) in [6.45, 7) is 0.876. The molecule has 150 valence electrons. The van der Waals surface area contributed by atoms with Gasteiger partial charge in [-0.05, 0) is 24.3 Å². The number of anilines is 1. The summed E-state index contributed by atoms with van der Waals surface area (Å²) < 4.78 is 35.7. The fourth-order valence-corrected chi connectivity index (χ4v) is 4.20. The number of ketones is 1. The van der Waals surface area contributed by atoms with Gasteiger partial charge in [-0.2, -0.15) is 0 Å². The summed E-state index contributed by atoms with van der Waals surface area (Å²) in [7, 11) is 0. The minimum absolute atomic E-state index is 0.104. The molecule has 5 rings (SSSR count). The minimum atomic E-state index is -0.963. The van der Waals surface area contributed by atoms with Crippen LogP contribution in [-0.2, 0) is 6.54 Å². The summed E-state index contributed by atoms with van der Waals surface area (Å²) in [6, 6.07) is 12.9. The highest BCUT2D eigenvalue weighted by Crippen LogP contribution is 2.42. The van der Waals surface area contributed by atoms with Crippen LogP contribution in [0.25, 0.3) is 22.0 Å². The van der Waals surface area contributed by atoms with E-state index in [-0.39, 0.29) is 5.56 Å². The molecule has 7 heteroatoms. The van der Waals surface area contributed by atoms with Crippen molar-refractivity contribution in [2.75, 3.05) is 12.3 Å². The molecule has 4 aromatic rings. The first-order chi connectivity index (χ1) is 14.5. The maximum Gasteiger partial charge on any atom is 0.195 e. The number of nitrogen functional groups attached to an aromatic ring is 1. The third-order valence-corrected chi connectivity index (χ3v) is 5.63. The maximum atomic E-state index is 13.9. The maximum absolute atomic E-state index is 13.9. The third kappa shape index (κ3) is 2.75. The van der Waals surface area contributed by atoms with Crippen LogP contribution < -0.4 is 10.5 Å². The van der Waals surface area contributed by atoms with Gasteiger partial charge in [-0.15, -0.1) is 0 Å². The van der Waals surface area contributed by atoms with E-state index in [1.54, 1.807) is 12.3 Å². The first-order valence-electron chi connectivity index (χ1n) is 9.28. The van der Waals surface area contributed by atoms with Gasteiger partial charge < -0.3 is 15.0 Å². The van der Waals surface area contributed by atoms with E-state index in [2.05, 4.69) is 0 Å². The van der Waals surface area contributed by atoms with Crippen molar-refractivity contribution in [3.05, 3.63) is 82.5 Å². The van der Waals surface area contributed by atoms with Crippen LogP contribution in [0.4, 0.5) is 14.5 Å². The molecule has 0 spiro atoms. The van der Waals surface area contributed by atoms with Gasteiger partial charge in [0.1, 0.15) is 29.7 Å². The fourth-order valence-electron chi connectivity index (χ4n) is 3.93. The summed E-state index contributed by atoms with van der Waals surface area (Å²) in [5, 5.41) is 1.20. The van der Waals surface area contributed by atoms with Crippen LogP contribution in [0, 0.1) is 11.6 Å². The zero-order chi connectivity index (χ0) is 21.0. The lowest BCUT2D eigenvalue weighted by Crippen LogP contribution is -2.11. The molecule has 1 aliphatic rings. The molecule has 0 aliphatic carbocycles. The summed E-state index contributed by atoms with van der Waals surface area (Å²) in [5.41, 5.74) is 7.34. The summed E-state index contributed by atoms with van der Waals surface area (Å²) in [5.74, 6) is -1.75. The first-order valence-corrected chi connectivity index (χ1v) is 9.66. The number of para-hydroxylation sites is 1. The molecular weight excluding hydrogens is 410 g/mol. The molecule has 2 heterocycles. The Kier molecular flexibility index (Phi) is 4.25. The number of fused-ring (bicyclic) bond motifs is 2. The lowest BCUT2D eigenvalue weighted by molar-refractivity contribution is 0.103. The number of rotatable bonds is 2. The van der Waals surface area contributed by atoms with Crippen LogP contribution in [0.3, 0.4) is 0 Å². The molecule has 3 aromatic carbocycles. The van der Waals surface area contributed by atoms with E-state index in [0.29, 0.717) is 34.9 Å². The molecule has 0 saturated carbocycles. The van der Waals surface area contributed by atoms with Gasteiger partial charge in [0.15, 0.2) is 5.78 Å². The van der Waals surface area contributed by atoms with Crippen molar-refractivity contribution >= 4 is 34.0 Å². The van der Waals surface area contributed by atoms with E-state index < -0.39 is 23.1 Å². The topological polar surface area (TPSA) is 57.2 Å². The Hall–Kier alpha value is -3.38. The van der Waals surface area contributed by atoms with Crippen LogP contribution in [-0.4, -0.2) is 17.0 Å². The predicted molar refractivity (Wildman–Crippen MR) is 112 cm³/mol. The van der Waals surface area contributed by atoms with E-state index in [4.69, 9.17) is 22.1 Å². The quantitative estimate of drug-likeness (QED) is 0.344. The Morgan fingerprint density at radius 2 is 1.83 bits per heavy atom. The molecule has 0 radical (unpaired) electrons. The molecule has 0 amide bonds. The molecule has 0 unspecified atom stereocenters. The number of benzene rings is 3. The van der Waals surface area contributed by atoms with Crippen molar-refractivity contribution in [3.8, 4) is 16.9 Å². The van der Waals surface area contributed by atoms with Crippen LogP contribution in [0.15, 0.2) is 54.7 Å². The summed E-state index contributed by atoms with van der Waals surface area (Å²) in [4.78, 5) is 13.2. The molecule has 0 fully saturated rings. The molecular formula is C23H15ClF2N2O2. The Bertz CT molecular complexity index is 1320. The predicted octanol–water partition coefficient (Wildman–Crippen LogP) is 5.45. The number of hydrogen-bond donors (Lipinski definition) is 1. The van der Waals surface area contributed by atoms with Gasteiger partial charge >= 0.3 is 0 Å². The van der Waals surface area contributed by atoms with Gasteiger partial charge in [0.2, 0.25) is 0 Å². The summed E-state index contributed by atoms with van der Waals surface area (Å²) in [6.07, 6.45) is 1.69. The van der Waals surface area contributed by atoms with E-state index in [0.717, 1.165) is 28.8 Å². The molecule has 1 aromatic heterocycles. The van der Waals surface area contributed by atoms with Gasteiger partial charge in [-0.25, -0.2) is 8.78 Å². The largest absolute Gasteiger partial charge is 0.491 e. The molecule has 0 bridgehead atoms. The lowest BCUT2D eigenvalue weighted by Gasteiger charge is -2.19. The standard InChI is InChI=1S/C23H15ClF2N2O2/c24-16-5-2-6-19-20(16)14-4-1-3-13-15(11-28(22(13)14)7-8-30-19)23(29)12-9-17(25)21(27)18(26)10-12/h1-6,9-11H,7-8,27H2. The molecule has 4 nitrogen and oxygen atoms in total. The van der Waals surface area contributed by atoms with Gasteiger partial charge in [0, 0.05) is 33.8 Å². The van der Waals surface area contributed by atoms with Crippen LogP contribution >= 0.6 is 11.6 Å². The summed E-state index contributed by atoms with van der Waals surface area (Å²) >= 11 is 6.48. The smallest absolute Gasteiger partial charge is 0.195 e. The zero-order valence-corrected chi connectivity index (χ0v) is 16.3. The van der Waals surface area contributed by atoms with E-state index in [1.807, 2.05) is 34.9 Å². The average Bonchev–Trinajstić information content (AvgIpc) is 3.09. The van der Waals surface area contributed by atoms with Crippen molar-refractivity contribution in [2.45, 2.75) is 6.54 Å². The number of nitrogens with two attached hydrogens (primary N) is 1. The molecule has 0 atom stereocenters. The number of carbonyl (C=O) groups is 1. The molecule has 1 aliphatic heterocycles. The lowest BCUT2D eigenvalue weighted by atomic mass is 9.97. The number of nitrogens with zero attached hydrogens (tertiary/aromatic N) is 1. The van der Waals surface area contributed by atoms with Crippen LogP contribution in [0.2, 0.25) is 5.02 Å². The number of carbonyl (C=O) groups excluding carboxylic acids is 1. The van der Waals surface area contributed by atoms with Gasteiger partial charge in [-0.3, -0.25) is 4.79 Å². The number of ether oxygens (including phenoxy) is 1. The Balaban J connectivity index is 1.76. The monoisotopic (exact) mass is 424 g/mol. The fraction of sp³-hybridized carbons (Fsp3) is 0.0870. The third-order valence-electron chi connectivity index (χ3n) is 5.32.